The maximum Gasteiger partial charge on any atom is 0.416 e. The lowest BCUT2D eigenvalue weighted by atomic mass is 10.1. The fourth-order valence-corrected chi connectivity index (χ4v) is 3.18. The van der Waals surface area contributed by atoms with Crippen LogP contribution in [0, 0.1) is 0 Å². The molecule has 1 N–H and O–H groups in total. The summed E-state index contributed by atoms with van der Waals surface area (Å²) in [5.74, 6) is -0.0646. The molecule has 0 saturated carbocycles. The van der Waals surface area contributed by atoms with Crippen molar-refractivity contribution in [2.24, 2.45) is 0 Å². The molecule has 4 rings (SSSR count). The quantitative estimate of drug-likeness (QED) is 0.705. The highest BCUT2D eigenvalue weighted by Gasteiger charge is 2.32. The Morgan fingerprint density at radius 1 is 1.10 bits per heavy atom. The molecule has 30 heavy (non-hydrogen) atoms. The monoisotopic (exact) mass is 417 g/mol. The van der Waals surface area contributed by atoms with Gasteiger partial charge < -0.3 is 15.0 Å². The zero-order valence-electron chi connectivity index (χ0n) is 15.8. The molecule has 10 heteroatoms. The van der Waals surface area contributed by atoms with Crippen LogP contribution in [0.25, 0.3) is 5.82 Å². The number of alkyl halides is 3. The number of ether oxygens (including phenoxy) is 1. The molecule has 0 bridgehead atoms. The van der Waals surface area contributed by atoms with Crippen LogP contribution in [-0.2, 0) is 10.9 Å². The zero-order valence-corrected chi connectivity index (χ0v) is 15.8. The van der Waals surface area contributed by atoms with Crippen LogP contribution in [0.5, 0.6) is 0 Å². The minimum atomic E-state index is -4.52. The summed E-state index contributed by atoms with van der Waals surface area (Å²) >= 11 is 0. The Morgan fingerprint density at radius 3 is 2.60 bits per heavy atom. The highest BCUT2D eigenvalue weighted by molar-refractivity contribution is 6.06. The summed E-state index contributed by atoms with van der Waals surface area (Å²) in [6.45, 7) is 1.97. The van der Waals surface area contributed by atoms with Crippen molar-refractivity contribution in [2.45, 2.75) is 6.18 Å². The molecule has 0 radical (unpaired) electrons. The molecule has 3 heterocycles. The number of amides is 1. The molecule has 0 unspecified atom stereocenters. The highest BCUT2D eigenvalue weighted by Crippen LogP contribution is 2.36. The van der Waals surface area contributed by atoms with Gasteiger partial charge in [-0.05, 0) is 30.3 Å². The van der Waals surface area contributed by atoms with Gasteiger partial charge in [0.05, 0.1) is 30.2 Å². The number of halogens is 3. The lowest BCUT2D eigenvalue weighted by Crippen LogP contribution is -2.36. The van der Waals surface area contributed by atoms with Gasteiger partial charge in [-0.3, -0.25) is 9.36 Å². The predicted octanol–water partition coefficient (Wildman–Crippen LogP) is 3.38. The average molecular weight is 417 g/mol. The minimum absolute atomic E-state index is 0.0951. The number of benzene rings is 1. The van der Waals surface area contributed by atoms with E-state index in [0.29, 0.717) is 37.8 Å². The van der Waals surface area contributed by atoms with E-state index >= 15 is 0 Å². The molecule has 0 aliphatic carbocycles. The van der Waals surface area contributed by atoms with E-state index in [1.165, 1.54) is 24.7 Å². The second-order valence-corrected chi connectivity index (χ2v) is 6.66. The summed E-state index contributed by atoms with van der Waals surface area (Å²) in [5, 5.41) is 2.64. The Bertz CT molecular complexity index is 1030. The molecule has 2 aromatic heterocycles. The third kappa shape index (κ3) is 4.28. The van der Waals surface area contributed by atoms with Crippen LogP contribution in [0.2, 0.25) is 0 Å². The predicted molar refractivity (Wildman–Crippen MR) is 104 cm³/mol. The van der Waals surface area contributed by atoms with Gasteiger partial charge in [-0.1, -0.05) is 0 Å². The van der Waals surface area contributed by atoms with E-state index in [2.05, 4.69) is 15.3 Å². The summed E-state index contributed by atoms with van der Waals surface area (Å²) in [4.78, 5) is 22.9. The number of imidazole rings is 1. The van der Waals surface area contributed by atoms with Crippen molar-refractivity contribution in [3.05, 3.63) is 66.4 Å². The fourth-order valence-electron chi connectivity index (χ4n) is 3.18. The molecule has 0 atom stereocenters. The van der Waals surface area contributed by atoms with E-state index in [4.69, 9.17) is 4.74 Å². The molecule has 1 aliphatic rings. The van der Waals surface area contributed by atoms with Gasteiger partial charge in [0.25, 0.3) is 5.91 Å². The van der Waals surface area contributed by atoms with Gasteiger partial charge in [0, 0.05) is 37.2 Å². The molecule has 1 saturated heterocycles. The first-order valence-corrected chi connectivity index (χ1v) is 9.21. The maximum atomic E-state index is 13.2. The number of anilines is 2. The summed E-state index contributed by atoms with van der Waals surface area (Å²) in [7, 11) is 0. The Kier molecular flexibility index (Phi) is 5.40. The molecule has 7 nitrogen and oxygen atoms in total. The Balaban J connectivity index is 1.65. The van der Waals surface area contributed by atoms with Crippen LogP contribution in [-0.4, -0.2) is 46.7 Å². The first-order valence-electron chi connectivity index (χ1n) is 9.21. The van der Waals surface area contributed by atoms with E-state index < -0.39 is 17.6 Å². The van der Waals surface area contributed by atoms with Crippen molar-refractivity contribution in [2.75, 3.05) is 36.5 Å². The lowest BCUT2D eigenvalue weighted by Gasteiger charge is -2.31. The average Bonchev–Trinajstić information content (AvgIpc) is 3.29. The summed E-state index contributed by atoms with van der Waals surface area (Å²) < 4.78 is 46.7. The second kappa shape index (κ2) is 8.15. The molecular weight excluding hydrogens is 399 g/mol. The summed E-state index contributed by atoms with van der Waals surface area (Å²) in [6, 6.07) is 6.40. The van der Waals surface area contributed by atoms with Gasteiger partial charge in [-0.25, -0.2) is 9.97 Å². The van der Waals surface area contributed by atoms with Gasteiger partial charge in [-0.15, -0.1) is 0 Å². The smallest absolute Gasteiger partial charge is 0.378 e. The molecule has 156 valence electrons. The number of hydrogen-bond donors (Lipinski definition) is 1. The minimum Gasteiger partial charge on any atom is -0.378 e. The number of pyridine rings is 1. The topological polar surface area (TPSA) is 72.3 Å². The molecular formula is C20H18F3N5O2. The largest absolute Gasteiger partial charge is 0.416 e. The number of nitrogens with zero attached hydrogens (tertiary/aromatic N) is 4. The van der Waals surface area contributed by atoms with Crippen LogP contribution >= 0.6 is 0 Å². The third-order valence-corrected chi connectivity index (χ3v) is 4.70. The van der Waals surface area contributed by atoms with Crippen molar-refractivity contribution >= 4 is 17.3 Å². The molecule has 0 spiro atoms. The van der Waals surface area contributed by atoms with Crippen LogP contribution < -0.4 is 10.2 Å². The van der Waals surface area contributed by atoms with Gasteiger partial charge >= 0.3 is 6.18 Å². The number of carbonyl (C=O) groups excluding carboxylic acids is 1. The summed E-state index contributed by atoms with van der Waals surface area (Å²) in [5.41, 5.74) is 0.0453. The standard InChI is InChI=1S/C20H18F3N5O2/c21-20(22,23)15-1-2-17(27-7-9-30-10-8-27)16(12-15)26-19(29)14-3-4-25-18(11-14)28-6-5-24-13-28/h1-6,11-13H,7-10H2,(H,26,29). The maximum absolute atomic E-state index is 13.2. The van der Waals surface area contributed by atoms with Crippen molar-refractivity contribution in [1.29, 1.82) is 0 Å². The third-order valence-electron chi connectivity index (χ3n) is 4.70. The van der Waals surface area contributed by atoms with Crippen molar-refractivity contribution in [1.82, 2.24) is 14.5 Å². The Morgan fingerprint density at radius 2 is 1.90 bits per heavy atom. The van der Waals surface area contributed by atoms with Crippen LogP contribution in [0.1, 0.15) is 15.9 Å². The Hall–Kier alpha value is -3.40. The molecule has 1 aromatic carbocycles. The van der Waals surface area contributed by atoms with Crippen LogP contribution in [0.4, 0.5) is 24.5 Å². The zero-order chi connectivity index (χ0) is 21.1. The van der Waals surface area contributed by atoms with E-state index in [0.717, 1.165) is 12.1 Å². The van der Waals surface area contributed by atoms with E-state index in [1.54, 1.807) is 23.0 Å². The number of rotatable bonds is 4. The van der Waals surface area contributed by atoms with Crippen LogP contribution in [0.15, 0.2) is 55.2 Å². The van der Waals surface area contributed by atoms with E-state index in [-0.39, 0.29) is 11.3 Å². The van der Waals surface area contributed by atoms with Crippen LogP contribution in [0.3, 0.4) is 0 Å². The molecule has 3 aromatic rings. The SMILES string of the molecule is O=C(Nc1cc(C(F)(F)F)ccc1N1CCOCC1)c1ccnc(-n2ccnc2)c1. The fraction of sp³-hybridized carbons (Fsp3) is 0.250. The molecule has 1 fully saturated rings. The first kappa shape index (κ1) is 19.9. The highest BCUT2D eigenvalue weighted by atomic mass is 19.4. The second-order valence-electron chi connectivity index (χ2n) is 6.66. The van der Waals surface area contributed by atoms with E-state index in [9.17, 15) is 18.0 Å². The number of morpholine rings is 1. The Labute approximate surface area is 170 Å². The first-order chi connectivity index (χ1) is 14.4. The van der Waals surface area contributed by atoms with Gasteiger partial charge in [0.15, 0.2) is 0 Å². The van der Waals surface area contributed by atoms with Crippen molar-refractivity contribution < 1.29 is 22.7 Å². The molecule has 1 aliphatic heterocycles. The number of aromatic nitrogens is 3. The normalized spacial score (nSPS) is 14.6. The van der Waals surface area contributed by atoms with E-state index in [1.807, 2.05) is 4.90 Å². The lowest BCUT2D eigenvalue weighted by molar-refractivity contribution is -0.137. The van der Waals surface area contributed by atoms with Gasteiger partial charge in [-0.2, -0.15) is 13.2 Å². The molecule has 1 amide bonds. The number of hydrogen-bond acceptors (Lipinski definition) is 5. The number of carbonyl (C=O) groups is 1. The van der Waals surface area contributed by atoms with Crippen molar-refractivity contribution in [3.8, 4) is 5.82 Å². The number of nitrogens with one attached hydrogen (secondary N) is 1. The van der Waals surface area contributed by atoms with Crippen molar-refractivity contribution in [3.63, 3.8) is 0 Å². The summed E-state index contributed by atoms with van der Waals surface area (Å²) in [6.07, 6.45) is 1.72. The van der Waals surface area contributed by atoms with Gasteiger partial charge in [0.1, 0.15) is 12.1 Å². The van der Waals surface area contributed by atoms with Gasteiger partial charge in [0.2, 0.25) is 0 Å².